The topological polar surface area (TPSA) is 70.8 Å². The van der Waals surface area contributed by atoms with E-state index in [0.717, 1.165) is 0 Å². The highest BCUT2D eigenvalue weighted by Crippen LogP contribution is 2.38. The maximum Gasteiger partial charge on any atom is 0.231 e. The van der Waals surface area contributed by atoms with Crippen LogP contribution in [-0.2, 0) is 0 Å². The molecule has 1 heterocycles. The number of carbonyl (C=O) groups is 1. The van der Waals surface area contributed by atoms with Crippen LogP contribution in [0, 0.1) is 0 Å². The summed E-state index contributed by atoms with van der Waals surface area (Å²) in [6.45, 7) is 0.490. The van der Waals surface area contributed by atoms with E-state index >= 15 is 0 Å². The van der Waals surface area contributed by atoms with E-state index < -0.39 is 0 Å². The van der Waals surface area contributed by atoms with Crippen molar-refractivity contribution < 1.29 is 19.0 Å². The van der Waals surface area contributed by atoms with Gasteiger partial charge in [0.2, 0.25) is 6.79 Å². The van der Waals surface area contributed by atoms with Crippen molar-refractivity contribution in [2.45, 2.75) is 6.42 Å². The Kier molecular flexibility index (Phi) is 2.96. The lowest BCUT2D eigenvalue weighted by Crippen LogP contribution is -2.09. The average molecular weight is 223 g/mol. The van der Waals surface area contributed by atoms with Crippen LogP contribution >= 0.6 is 0 Å². The van der Waals surface area contributed by atoms with Gasteiger partial charge in [0, 0.05) is 12.5 Å². The first kappa shape index (κ1) is 10.8. The minimum atomic E-state index is -0.0577. The fourth-order valence-corrected chi connectivity index (χ4v) is 1.58. The molecule has 16 heavy (non-hydrogen) atoms. The predicted octanol–water partition coefficient (Wildman–Crippen LogP) is 0.955. The standard InChI is InChI=1S/C11H13NO4/c1-14-9-5-11-10(15-6-16-11)4-7(9)8(13)2-3-12/h4-5H,2-3,6,12H2,1H3. The van der Waals surface area contributed by atoms with Crippen molar-refractivity contribution in [3.63, 3.8) is 0 Å². The van der Waals surface area contributed by atoms with Crippen LogP contribution in [0.5, 0.6) is 17.2 Å². The summed E-state index contributed by atoms with van der Waals surface area (Å²) in [7, 11) is 1.51. The van der Waals surface area contributed by atoms with Crippen molar-refractivity contribution in [2.24, 2.45) is 5.73 Å². The molecule has 0 spiro atoms. The number of carbonyl (C=O) groups excluding carboxylic acids is 1. The Morgan fingerprint density at radius 1 is 1.44 bits per heavy atom. The fourth-order valence-electron chi connectivity index (χ4n) is 1.58. The van der Waals surface area contributed by atoms with Gasteiger partial charge in [0.25, 0.3) is 0 Å². The maximum atomic E-state index is 11.8. The third kappa shape index (κ3) is 1.81. The number of nitrogens with two attached hydrogens (primary N) is 1. The highest BCUT2D eigenvalue weighted by atomic mass is 16.7. The summed E-state index contributed by atoms with van der Waals surface area (Å²) in [5, 5.41) is 0. The van der Waals surface area contributed by atoms with Crippen molar-refractivity contribution in [1.82, 2.24) is 0 Å². The molecule has 1 aromatic rings. The zero-order valence-corrected chi connectivity index (χ0v) is 8.99. The van der Waals surface area contributed by atoms with E-state index in [1.54, 1.807) is 12.1 Å². The van der Waals surface area contributed by atoms with E-state index in [9.17, 15) is 4.79 Å². The van der Waals surface area contributed by atoms with Crippen molar-refractivity contribution in [3.05, 3.63) is 17.7 Å². The summed E-state index contributed by atoms with van der Waals surface area (Å²) in [6.07, 6.45) is 0.288. The first-order chi connectivity index (χ1) is 7.76. The lowest BCUT2D eigenvalue weighted by atomic mass is 10.1. The maximum absolute atomic E-state index is 11.8. The molecule has 1 aliphatic heterocycles. The highest BCUT2D eigenvalue weighted by molar-refractivity contribution is 5.99. The van der Waals surface area contributed by atoms with Crippen LogP contribution in [0.3, 0.4) is 0 Å². The van der Waals surface area contributed by atoms with E-state index in [1.165, 1.54) is 7.11 Å². The summed E-state index contributed by atoms with van der Waals surface area (Å²) in [4.78, 5) is 11.8. The van der Waals surface area contributed by atoms with Gasteiger partial charge in [-0.05, 0) is 12.6 Å². The van der Waals surface area contributed by atoms with Gasteiger partial charge in [-0.15, -0.1) is 0 Å². The van der Waals surface area contributed by atoms with Crippen LogP contribution in [0.15, 0.2) is 12.1 Å². The normalized spacial score (nSPS) is 12.6. The first-order valence-electron chi connectivity index (χ1n) is 4.97. The van der Waals surface area contributed by atoms with Crippen LogP contribution in [0.2, 0.25) is 0 Å². The van der Waals surface area contributed by atoms with Gasteiger partial charge in [-0.1, -0.05) is 0 Å². The molecule has 0 saturated heterocycles. The second kappa shape index (κ2) is 4.40. The van der Waals surface area contributed by atoms with E-state index in [-0.39, 0.29) is 19.0 Å². The number of rotatable bonds is 4. The second-order valence-corrected chi connectivity index (χ2v) is 3.37. The highest BCUT2D eigenvalue weighted by Gasteiger charge is 2.20. The quantitative estimate of drug-likeness (QED) is 0.770. The van der Waals surface area contributed by atoms with E-state index in [2.05, 4.69) is 0 Å². The zero-order valence-electron chi connectivity index (χ0n) is 8.99. The molecule has 0 aliphatic carbocycles. The Morgan fingerprint density at radius 3 is 2.75 bits per heavy atom. The molecule has 0 amide bonds. The molecule has 0 radical (unpaired) electrons. The molecule has 5 nitrogen and oxygen atoms in total. The molecule has 0 aromatic heterocycles. The van der Waals surface area contributed by atoms with Crippen LogP contribution in [0.4, 0.5) is 0 Å². The average Bonchev–Trinajstić information content (AvgIpc) is 2.74. The summed E-state index contributed by atoms with van der Waals surface area (Å²) >= 11 is 0. The van der Waals surface area contributed by atoms with Crippen LogP contribution in [-0.4, -0.2) is 26.2 Å². The third-order valence-electron chi connectivity index (χ3n) is 2.37. The number of hydrogen-bond acceptors (Lipinski definition) is 5. The Bertz CT molecular complexity index is 417. The van der Waals surface area contributed by atoms with Gasteiger partial charge in [-0.3, -0.25) is 4.79 Å². The van der Waals surface area contributed by atoms with Gasteiger partial charge in [0.15, 0.2) is 17.3 Å². The number of benzene rings is 1. The van der Waals surface area contributed by atoms with Crippen LogP contribution < -0.4 is 19.9 Å². The summed E-state index contributed by atoms with van der Waals surface area (Å²) in [6, 6.07) is 3.30. The van der Waals surface area contributed by atoms with E-state index in [0.29, 0.717) is 29.4 Å². The summed E-state index contributed by atoms with van der Waals surface area (Å²) in [5.74, 6) is 1.60. The van der Waals surface area contributed by atoms with Crippen LogP contribution in [0.25, 0.3) is 0 Å². The Morgan fingerprint density at radius 2 is 2.12 bits per heavy atom. The minimum Gasteiger partial charge on any atom is -0.496 e. The molecule has 1 aromatic carbocycles. The van der Waals surface area contributed by atoms with Gasteiger partial charge in [-0.2, -0.15) is 0 Å². The van der Waals surface area contributed by atoms with Crippen molar-refractivity contribution >= 4 is 5.78 Å². The molecule has 0 bridgehead atoms. The largest absolute Gasteiger partial charge is 0.496 e. The second-order valence-electron chi connectivity index (χ2n) is 3.37. The van der Waals surface area contributed by atoms with Gasteiger partial charge in [0.05, 0.1) is 12.7 Å². The Balaban J connectivity index is 2.39. The van der Waals surface area contributed by atoms with Gasteiger partial charge < -0.3 is 19.9 Å². The van der Waals surface area contributed by atoms with Crippen molar-refractivity contribution in [1.29, 1.82) is 0 Å². The lowest BCUT2D eigenvalue weighted by Gasteiger charge is -2.08. The number of ketones is 1. The Hall–Kier alpha value is -1.75. The number of Topliss-reactive ketones (excluding diaryl/α,β-unsaturated/α-hetero) is 1. The molecule has 0 saturated carbocycles. The molecular formula is C11H13NO4. The molecule has 0 fully saturated rings. The number of methoxy groups -OCH3 is 1. The zero-order chi connectivity index (χ0) is 11.5. The lowest BCUT2D eigenvalue weighted by molar-refractivity contribution is 0.0982. The van der Waals surface area contributed by atoms with E-state index in [4.69, 9.17) is 19.9 Å². The van der Waals surface area contributed by atoms with Crippen molar-refractivity contribution in [2.75, 3.05) is 20.4 Å². The number of ether oxygens (including phenoxy) is 3. The summed E-state index contributed by atoms with van der Waals surface area (Å²) in [5.41, 5.74) is 5.84. The third-order valence-corrected chi connectivity index (χ3v) is 2.37. The Labute approximate surface area is 93.1 Å². The smallest absolute Gasteiger partial charge is 0.231 e. The molecular weight excluding hydrogens is 210 g/mol. The monoisotopic (exact) mass is 223 g/mol. The molecule has 2 rings (SSSR count). The minimum absolute atomic E-state index is 0.0577. The molecule has 1 aliphatic rings. The molecule has 0 atom stereocenters. The van der Waals surface area contributed by atoms with Crippen molar-refractivity contribution in [3.8, 4) is 17.2 Å². The molecule has 2 N–H and O–H groups in total. The van der Waals surface area contributed by atoms with E-state index in [1.807, 2.05) is 0 Å². The number of hydrogen-bond donors (Lipinski definition) is 1. The van der Waals surface area contributed by atoms with Crippen LogP contribution in [0.1, 0.15) is 16.8 Å². The van der Waals surface area contributed by atoms with Gasteiger partial charge in [-0.25, -0.2) is 0 Å². The van der Waals surface area contributed by atoms with Gasteiger partial charge >= 0.3 is 0 Å². The summed E-state index contributed by atoms with van der Waals surface area (Å²) < 4.78 is 15.5. The fraction of sp³-hybridized carbons (Fsp3) is 0.364. The number of fused-ring (bicyclic) bond motifs is 1. The van der Waals surface area contributed by atoms with Gasteiger partial charge in [0.1, 0.15) is 5.75 Å². The predicted molar refractivity (Wildman–Crippen MR) is 57.1 cm³/mol. The molecule has 86 valence electrons. The molecule has 0 unspecified atom stereocenters. The SMILES string of the molecule is COc1cc2c(cc1C(=O)CCN)OCO2. The first-order valence-corrected chi connectivity index (χ1v) is 4.97. The molecule has 5 heteroatoms.